The SMILES string of the molecule is Cc1ncc([N+](=O)[O-])n1CC(=O)N1CC(C)CC(C)C1. The number of nitro groups is 1. The number of hydrogen-bond acceptors (Lipinski definition) is 4. The van der Waals surface area contributed by atoms with E-state index < -0.39 is 4.92 Å². The summed E-state index contributed by atoms with van der Waals surface area (Å²) in [5.41, 5.74) is 0. The number of carbonyl (C=O) groups is 1. The summed E-state index contributed by atoms with van der Waals surface area (Å²) in [5, 5.41) is 10.9. The molecule has 1 amide bonds. The third kappa shape index (κ3) is 2.97. The van der Waals surface area contributed by atoms with E-state index in [0.29, 0.717) is 17.7 Å². The zero-order valence-electron chi connectivity index (χ0n) is 12.1. The molecule has 0 N–H and O–H groups in total. The Bertz CT molecular complexity index is 516. The van der Waals surface area contributed by atoms with Crippen LogP contribution >= 0.6 is 0 Å². The van der Waals surface area contributed by atoms with E-state index in [-0.39, 0.29) is 18.3 Å². The van der Waals surface area contributed by atoms with Crippen LogP contribution < -0.4 is 0 Å². The van der Waals surface area contributed by atoms with E-state index in [0.717, 1.165) is 19.5 Å². The molecule has 7 nitrogen and oxygen atoms in total. The number of amides is 1. The third-order valence-electron chi connectivity index (χ3n) is 3.74. The molecule has 1 saturated heterocycles. The van der Waals surface area contributed by atoms with Crippen molar-refractivity contribution in [1.29, 1.82) is 0 Å². The van der Waals surface area contributed by atoms with Gasteiger partial charge in [0.2, 0.25) is 0 Å². The first kappa shape index (κ1) is 14.5. The average Bonchev–Trinajstić information content (AvgIpc) is 2.70. The molecule has 0 aliphatic carbocycles. The van der Waals surface area contributed by atoms with Gasteiger partial charge in [0, 0.05) is 20.0 Å². The molecular formula is C13H20N4O3. The van der Waals surface area contributed by atoms with Gasteiger partial charge in [-0.25, -0.2) is 9.55 Å². The fourth-order valence-corrected chi connectivity index (χ4v) is 2.90. The highest BCUT2D eigenvalue weighted by atomic mass is 16.6. The van der Waals surface area contributed by atoms with Gasteiger partial charge in [-0.1, -0.05) is 13.8 Å². The molecule has 1 fully saturated rings. The third-order valence-corrected chi connectivity index (χ3v) is 3.74. The topological polar surface area (TPSA) is 81.3 Å². The lowest BCUT2D eigenvalue weighted by Gasteiger charge is -2.34. The van der Waals surface area contributed by atoms with Gasteiger partial charge in [0.05, 0.1) is 0 Å². The van der Waals surface area contributed by atoms with Gasteiger partial charge in [0.1, 0.15) is 6.20 Å². The number of nitrogens with zero attached hydrogens (tertiary/aromatic N) is 4. The van der Waals surface area contributed by atoms with Gasteiger partial charge in [0.25, 0.3) is 5.91 Å². The lowest BCUT2D eigenvalue weighted by Crippen LogP contribution is -2.44. The van der Waals surface area contributed by atoms with E-state index in [9.17, 15) is 14.9 Å². The molecule has 2 heterocycles. The summed E-state index contributed by atoms with van der Waals surface area (Å²) in [7, 11) is 0. The van der Waals surface area contributed by atoms with Crippen LogP contribution in [0.3, 0.4) is 0 Å². The van der Waals surface area contributed by atoms with E-state index in [1.165, 1.54) is 10.8 Å². The van der Waals surface area contributed by atoms with Crippen LogP contribution in [-0.4, -0.2) is 38.4 Å². The Labute approximate surface area is 117 Å². The maximum Gasteiger partial charge on any atom is 0.343 e. The van der Waals surface area contributed by atoms with E-state index in [1.54, 1.807) is 6.92 Å². The maximum atomic E-state index is 12.3. The first-order valence-electron chi connectivity index (χ1n) is 6.82. The van der Waals surface area contributed by atoms with Gasteiger partial charge in [-0.2, -0.15) is 0 Å². The Morgan fingerprint density at radius 1 is 1.45 bits per heavy atom. The van der Waals surface area contributed by atoms with Crippen molar-refractivity contribution in [3.05, 3.63) is 22.1 Å². The largest absolute Gasteiger partial charge is 0.358 e. The molecule has 1 aliphatic heterocycles. The molecule has 0 radical (unpaired) electrons. The zero-order valence-corrected chi connectivity index (χ0v) is 12.1. The van der Waals surface area contributed by atoms with Crippen LogP contribution in [0.1, 0.15) is 26.1 Å². The van der Waals surface area contributed by atoms with Crippen LogP contribution in [0, 0.1) is 28.9 Å². The predicted molar refractivity (Wildman–Crippen MR) is 73.1 cm³/mol. The van der Waals surface area contributed by atoms with Gasteiger partial charge in [0.15, 0.2) is 12.4 Å². The molecule has 0 bridgehead atoms. The number of piperidine rings is 1. The van der Waals surface area contributed by atoms with Gasteiger partial charge in [-0.05, 0) is 23.2 Å². The first-order valence-corrected chi connectivity index (χ1v) is 6.82. The van der Waals surface area contributed by atoms with Crippen LogP contribution in [0.15, 0.2) is 6.20 Å². The molecule has 0 spiro atoms. The number of imidazole rings is 1. The highest BCUT2D eigenvalue weighted by Crippen LogP contribution is 2.22. The molecule has 2 rings (SSSR count). The summed E-state index contributed by atoms with van der Waals surface area (Å²) in [5.74, 6) is 1.23. The molecular weight excluding hydrogens is 260 g/mol. The second-order valence-corrected chi connectivity index (χ2v) is 5.75. The summed E-state index contributed by atoms with van der Waals surface area (Å²) in [6, 6.07) is 0. The van der Waals surface area contributed by atoms with Crippen molar-refractivity contribution in [2.45, 2.75) is 33.7 Å². The highest BCUT2D eigenvalue weighted by Gasteiger charge is 2.28. The van der Waals surface area contributed by atoms with Crippen molar-refractivity contribution in [2.24, 2.45) is 11.8 Å². The molecule has 20 heavy (non-hydrogen) atoms. The normalized spacial score (nSPS) is 22.9. The van der Waals surface area contributed by atoms with Crippen LogP contribution in [0.25, 0.3) is 0 Å². The van der Waals surface area contributed by atoms with Crippen molar-refractivity contribution in [1.82, 2.24) is 14.5 Å². The van der Waals surface area contributed by atoms with E-state index in [4.69, 9.17) is 0 Å². The fraction of sp³-hybridized carbons (Fsp3) is 0.692. The van der Waals surface area contributed by atoms with Crippen molar-refractivity contribution in [3.63, 3.8) is 0 Å². The predicted octanol–water partition coefficient (Wildman–Crippen LogP) is 1.60. The Balaban J connectivity index is 2.12. The zero-order chi connectivity index (χ0) is 14.9. The maximum absolute atomic E-state index is 12.3. The van der Waals surface area contributed by atoms with Gasteiger partial charge in [-0.3, -0.25) is 4.79 Å². The Hall–Kier alpha value is -1.92. The minimum Gasteiger partial charge on any atom is -0.358 e. The summed E-state index contributed by atoms with van der Waals surface area (Å²) in [6.45, 7) is 7.36. The van der Waals surface area contributed by atoms with Gasteiger partial charge >= 0.3 is 5.82 Å². The van der Waals surface area contributed by atoms with Gasteiger partial charge in [-0.15, -0.1) is 0 Å². The summed E-state index contributed by atoms with van der Waals surface area (Å²) in [6.07, 6.45) is 2.32. The van der Waals surface area contributed by atoms with Crippen molar-refractivity contribution >= 4 is 11.7 Å². The van der Waals surface area contributed by atoms with Crippen molar-refractivity contribution < 1.29 is 9.72 Å². The molecule has 1 aromatic heterocycles. The van der Waals surface area contributed by atoms with Crippen LogP contribution in [0.5, 0.6) is 0 Å². The van der Waals surface area contributed by atoms with Crippen LogP contribution in [0.2, 0.25) is 0 Å². The number of rotatable bonds is 3. The average molecular weight is 280 g/mol. The number of aromatic nitrogens is 2. The smallest absolute Gasteiger partial charge is 0.343 e. The van der Waals surface area contributed by atoms with Crippen LogP contribution in [-0.2, 0) is 11.3 Å². The molecule has 1 aliphatic rings. The van der Waals surface area contributed by atoms with E-state index in [1.807, 2.05) is 4.90 Å². The molecule has 7 heteroatoms. The minimum atomic E-state index is -0.505. The Morgan fingerprint density at radius 3 is 2.60 bits per heavy atom. The van der Waals surface area contributed by atoms with E-state index >= 15 is 0 Å². The number of aryl methyl sites for hydroxylation is 1. The number of hydrogen-bond donors (Lipinski definition) is 0. The second-order valence-electron chi connectivity index (χ2n) is 5.75. The van der Waals surface area contributed by atoms with Crippen molar-refractivity contribution in [2.75, 3.05) is 13.1 Å². The lowest BCUT2D eigenvalue weighted by molar-refractivity contribution is -0.392. The molecule has 0 aromatic carbocycles. The molecule has 2 atom stereocenters. The molecule has 1 aromatic rings. The van der Waals surface area contributed by atoms with E-state index in [2.05, 4.69) is 18.8 Å². The lowest BCUT2D eigenvalue weighted by atomic mass is 9.92. The molecule has 110 valence electrons. The minimum absolute atomic E-state index is 0.0123. The first-order chi connectivity index (χ1) is 9.38. The summed E-state index contributed by atoms with van der Waals surface area (Å²) >= 11 is 0. The van der Waals surface area contributed by atoms with Gasteiger partial charge < -0.3 is 15.0 Å². The summed E-state index contributed by atoms with van der Waals surface area (Å²) in [4.78, 5) is 28.5. The molecule has 0 saturated carbocycles. The summed E-state index contributed by atoms with van der Waals surface area (Å²) < 4.78 is 1.37. The fourth-order valence-electron chi connectivity index (χ4n) is 2.90. The Morgan fingerprint density at radius 2 is 2.05 bits per heavy atom. The number of carbonyl (C=O) groups excluding carboxylic acids is 1. The Kier molecular flexibility index (Phi) is 4.06. The molecule has 2 unspecified atom stereocenters. The van der Waals surface area contributed by atoms with Crippen LogP contribution in [0.4, 0.5) is 5.82 Å². The standard InChI is InChI=1S/C13H20N4O3/c1-9-4-10(2)7-15(6-9)13(18)8-16-11(3)14-5-12(16)17(19)20/h5,9-10H,4,6-8H2,1-3H3. The monoisotopic (exact) mass is 280 g/mol. The quantitative estimate of drug-likeness (QED) is 0.622. The number of likely N-dealkylation sites (tertiary alicyclic amines) is 1. The highest BCUT2D eigenvalue weighted by molar-refractivity contribution is 5.76. The second kappa shape index (κ2) is 5.60. The van der Waals surface area contributed by atoms with Crippen molar-refractivity contribution in [3.8, 4) is 0 Å².